The molecule has 0 radical (unpaired) electrons. The van der Waals surface area contributed by atoms with E-state index in [9.17, 15) is 24.4 Å². The third-order valence-electron chi connectivity index (χ3n) is 6.19. The van der Waals surface area contributed by atoms with Gasteiger partial charge in [0.1, 0.15) is 13.2 Å². The highest BCUT2D eigenvalue weighted by atomic mass is 31.2. The second-order valence-corrected chi connectivity index (χ2v) is 12.3. The van der Waals surface area contributed by atoms with Crippen LogP contribution in [-0.4, -0.2) is 54.5 Å². The molecule has 11 heteroatoms. The van der Waals surface area contributed by atoms with Crippen molar-refractivity contribution < 1.29 is 32.7 Å². The molecule has 1 aromatic carbocycles. The quantitative estimate of drug-likeness (QED) is 0.0505. The van der Waals surface area contributed by atoms with Crippen molar-refractivity contribution in [3.05, 3.63) is 28.3 Å². The first kappa shape index (κ1) is 34.0. The number of nitrogens with zero attached hydrogens (tertiary/aromatic N) is 2. The Labute approximate surface area is 228 Å². The smallest absolute Gasteiger partial charge is 0.402 e. The van der Waals surface area contributed by atoms with Crippen LogP contribution >= 0.6 is 7.82 Å². The summed E-state index contributed by atoms with van der Waals surface area (Å²) in [7, 11) is 1.24. The van der Waals surface area contributed by atoms with Crippen LogP contribution in [0.4, 0.5) is 11.4 Å². The number of hydrogen-bond acceptors (Lipinski definition) is 6. The second-order valence-electron chi connectivity index (χ2n) is 10.9. The minimum absolute atomic E-state index is 0.0228. The minimum atomic E-state index is -4.49. The summed E-state index contributed by atoms with van der Waals surface area (Å²) in [5.41, 5.74) is -0.310. The Kier molecular flexibility index (Phi) is 16.4. The summed E-state index contributed by atoms with van der Waals surface area (Å²) in [5, 5.41) is 13.8. The number of non-ortho nitro benzene ring substituents is 1. The fourth-order valence-electron chi connectivity index (χ4n) is 3.91. The number of hydrogen-bond donors (Lipinski definition) is 2. The van der Waals surface area contributed by atoms with Gasteiger partial charge in [-0.15, -0.1) is 0 Å². The third-order valence-corrected chi connectivity index (χ3v) is 7.12. The zero-order valence-electron chi connectivity index (χ0n) is 23.8. The largest absolute Gasteiger partial charge is 0.527 e. The van der Waals surface area contributed by atoms with Gasteiger partial charge in [0, 0.05) is 18.6 Å². The van der Waals surface area contributed by atoms with Gasteiger partial charge >= 0.3 is 7.82 Å². The van der Waals surface area contributed by atoms with Gasteiger partial charge in [-0.3, -0.25) is 24.3 Å². The predicted molar refractivity (Wildman–Crippen MR) is 151 cm³/mol. The van der Waals surface area contributed by atoms with E-state index in [1.165, 1.54) is 63.9 Å². The summed E-state index contributed by atoms with van der Waals surface area (Å²) in [5.74, 6) is -0.498. The maximum atomic E-state index is 12.5. The number of quaternary nitrogens is 1. The van der Waals surface area contributed by atoms with Gasteiger partial charge in [0.05, 0.1) is 31.8 Å². The van der Waals surface area contributed by atoms with E-state index in [-0.39, 0.29) is 36.1 Å². The van der Waals surface area contributed by atoms with Crippen molar-refractivity contribution in [1.82, 2.24) is 0 Å². The summed E-state index contributed by atoms with van der Waals surface area (Å²) < 4.78 is 23.1. The maximum Gasteiger partial charge on any atom is 0.527 e. The molecule has 218 valence electrons. The molecule has 0 bridgehead atoms. The molecule has 1 unspecified atom stereocenters. The van der Waals surface area contributed by atoms with Crippen LogP contribution in [0, 0.1) is 10.1 Å². The first-order valence-electron chi connectivity index (χ1n) is 14.0. The molecule has 1 amide bonds. The van der Waals surface area contributed by atoms with Crippen LogP contribution in [0.3, 0.4) is 0 Å². The standard InChI is InChI=1S/C27H48N3O7P/c1-5-6-7-8-9-10-11-12-13-14-15-16-17-18-27(31)28-25-23-24(29(32)33)19-20-26(25)37-38(34,35)36-22-21-30(2,3)4/h19-20,23H,5-18,21-22H2,1-4H3,(H-,28,31,34,35)/p+1. The average molecular weight is 559 g/mol. The number of nitro groups is 1. The molecule has 38 heavy (non-hydrogen) atoms. The summed E-state index contributed by atoms with van der Waals surface area (Å²) in [4.78, 5) is 33.2. The lowest BCUT2D eigenvalue weighted by Crippen LogP contribution is -2.37. The van der Waals surface area contributed by atoms with E-state index in [1.54, 1.807) is 0 Å². The highest BCUT2D eigenvalue weighted by molar-refractivity contribution is 7.47. The summed E-state index contributed by atoms with van der Waals surface area (Å²) in [6.45, 7) is 2.68. The third kappa shape index (κ3) is 16.8. The predicted octanol–water partition coefficient (Wildman–Crippen LogP) is 7.22. The van der Waals surface area contributed by atoms with Crippen LogP contribution in [-0.2, 0) is 13.9 Å². The van der Waals surface area contributed by atoms with Gasteiger partial charge in [0.25, 0.3) is 5.69 Å². The molecule has 0 spiro atoms. The lowest BCUT2D eigenvalue weighted by Gasteiger charge is -2.24. The molecular weight excluding hydrogens is 509 g/mol. The topological polar surface area (TPSA) is 128 Å². The Hall–Kier alpha value is -2.00. The fraction of sp³-hybridized carbons (Fsp3) is 0.741. The number of carbonyl (C=O) groups is 1. The molecule has 2 N–H and O–H groups in total. The zero-order chi connectivity index (χ0) is 28.4. The Morgan fingerprint density at radius 3 is 2.00 bits per heavy atom. The number of amides is 1. The maximum absolute atomic E-state index is 12.5. The van der Waals surface area contributed by atoms with Crippen molar-refractivity contribution in [2.45, 2.75) is 96.8 Å². The van der Waals surface area contributed by atoms with E-state index in [1.807, 2.05) is 21.1 Å². The number of benzene rings is 1. The van der Waals surface area contributed by atoms with Crippen LogP contribution < -0.4 is 9.84 Å². The number of rotatable bonds is 22. The van der Waals surface area contributed by atoms with Gasteiger partial charge in [0.2, 0.25) is 5.91 Å². The lowest BCUT2D eigenvalue weighted by atomic mass is 10.0. The number of unbranched alkanes of at least 4 members (excludes halogenated alkanes) is 12. The number of likely N-dealkylation sites (N-methyl/N-ethyl adjacent to an activating group) is 1. The molecule has 0 saturated carbocycles. The van der Waals surface area contributed by atoms with Gasteiger partial charge in [-0.1, -0.05) is 84.0 Å². The van der Waals surface area contributed by atoms with Crippen molar-refractivity contribution in [2.75, 3.05) is 39.6 Å². The highest BCUT2D eigenvalue weighted by Crippen LogP contribution is 2.46. The normalized spacial score (nSPS) is 13.2. The SMILES string of the molecule is CCCCCCCCCCCCCCCC(=O)Nc1cc([N+](=O)[O-])ccc1OP(=O)(O)OCC[N+](C)(C)C. The molecule has 0 heterocycles. The average Bonchev–Trinajstić information content (AvgIpc) is 2.81. The number of anilines is 1. The van der Waals surface area contributed by atoms with Crippen LogP contribution in [0.2, 0.25) is 0 Å². The molecule has 1 rings (SSSR count). The van der Waals surface area contributed by atoms with Crippen molar-refractivity contribution in [1.29, 1.82) is 0 Å². The monoisotopic (exact) mass is 558 g/mol. The molecule has 0 aliphatic carbocycles. The van der Waals surface area contributed by atoms with Crippen LogP contribution in [0.5, 0.6) is 5.75 Å². The summed E-state index contributed by atoms with van der Waals surface area (Å²) >= 11 is 0. The zero-order valence-corrected chi connectivity index (χ0v) is 24.7. The second kappa shape index (κ2) is 18.3. The molecule has 1 aromatic rings. The molecular formula is C27H49N3O7P+. The molecule has 1 atom stereocenters. The van der Waals surface area contributed by atoms with E-state index >= 15 is 0 Å². The number of nitrogens with one attached hydrogen (secondary N) is 1. The van der Waals surface area contributed by atoms with Crippen LogP contribution in [0.25, 0.3) is 0 Å². The Bertz CT molecular complexity index is 890. The molecule has 10 nitrogen and oxygen atoms in total. The van der Waals surface area contributed by atoms with Gasteiger partial charge in [-0.05, 0) is 12.5 Å². The van der Waals surface area contributed by atoms with Crippen molar-refractivity contribution in [3.8, 4) is 5.75 Å². The van der Waals surface area contributed by atoms with E-state index in [4.69, 9.17) is 9.05 Å². The van der Waals surface area contributed by atoms with Crippen LogP contribution in [0.1, 0.15) is 96.8 Å². The van der Waals surface area contributed by atoms with Gasteiger partial charge in [0.15, 0.2) is 5.75 Å². The first-order valence-corrected chi connectivity index (χ1v) is 15.5. The lowest BCUT2D eigenvalue weighted by molar-refractivity contribution is -0.870. The van der Waals surface area contributed by atoms with Crippen molar-refractivity contribution >= 4 is 25.1 Å². The summed E-state index contributed by atoms with van der Waals surface area (Å²) in [6, 6.07) is 3.44. The molecule has 0 aromatic heterocycles. The molecule has 0 fully saturated rings. The molecule has 0 aliphatic rings. The van der Waals surface area contributed by atoms with Gasteiger partial charge in [-0.2, -0.15) is 0 Å². The highest BCUT2D eigenvalue weighted by Gasteiger charge is 2.27. The van der Waals surface area contributed by atoms with E-state index < -0.39 is 12.7 Å². The number of nitro benzene ring substituents is 1. The van der Waals surface area contributed by atoms with Gasteiger partial charge in [-0.25, -0.2) is 4.57 Å². The van der Waals surface area contributed by atoms with Crippen LogP contribution in [0.15, 0.2) is 18.2 Å². The van der Waals surface area contributed by atoms with E-state index in [0.717, 1.165) is 31.4 Å². The number of phosphoric acid groups is 1. The number of phosphoric ester groups is 1. The van der Waals surface area contributed by atoms with E-state index in [0.29, 0.717) is 17.4 Å². The van der Waals surface area contributed by atoms with Gasteiger partial charge < -0.3 is 14.3 Å². The Morgan fingerprint density at radius 1 is 0.974 bits per heavy atom. The minimum Gasteiger partial charge on any atom is -0.402 e. The Balaban J connectivity index is 2.44. The molecule has 0 aliphatic heterocycles. The fourth-order valence-corrected chi connectivity index (χ4v) is 4.68. The number of carbonyl (C=O) groups excluding carboxylic acids is 1. The molecule has 0 saturated heterocycles. The van der Waals surface area contributed by atoms with E-state index in [2.05, 4.69) is 12.2 Å². The first-order chi connectivity index (χ1) is 17.9. The van der Waals surface area contributed by atoms with Crippen molar-refractivity contribution in [2.24, 2.45) is 0 Å². The Morgan fingerprint density at radius 2 is 1.50 bits per heavy atom. The van der Waals surface area contributed by atoms with Crippen molar-refractivity contribution in [3.63, 3.8) is 0 Å². The summed E-state index contributed by atoms with van der Waals surface area (Å²) in [6.07, 6.45) is 15.8.